The van der Waals surface area contributed by atoms with E-state index in [2.05, 4.69) is 0 Å². The van der Waals surface area contributed by atoms with Gasteiger partial charge in [0.05, 0.1) is 5.92 Å². The number of nitrogens with zero attached hydrogens (tertiary/aromatic N) is 1. The van der Waals surface area contributed by atoms with E-state index in [1.54, 1.807) is 11.8 Å². The fraction of sp³-hybridized carbons (Fsp3) is 0.500. The van der Waals surface area contributed by atoms with Gasteiger partial charge in [0.1, 0.15) is 0 Å². The molecular weight excluding hydrogens is 254 g/mol. The Labute approximate surface area is 120 Å². The highest BCUT2D eigenvalue weighted by Gasteiger charge is 2.20. The third-order valence-corrected chi connectivity index (χ3v) is 3.23. The SMILES string of the molecule is CCCC(=O)N(Cc1ccc(C)cc1)CC(C)C(=O)O. The molecule has 0 radical (unpaired) electrons. The van der Waals surface area contributed by atoms with Crippen LogP contribution in [0.1, 0.15) is 37.8 Å². The van der Waals surface area contributed by atoms with Gasteiger partial charge in [0.2, 0.25) is 5.91 Å². The van der Waals surface area contributed by atoms with Crippen LogP contribution in [0.25, 0.3) is 0 Å². The lowest BCUT2D eigenvalue weighted by Gasteiger charge is -2.24. The first-order chi connectivity index (χ1) is 9.43. The summed E-state index contributed by atoms with van der Waals surface area (Å²) in [4.78, 5) is 24.7. The molecule has 0 aliphatic heterocycles. The van der Waals surface area contributed by atoms with Crippen molar-refractivity contribution in [3.8, 4) is 0 Å². The highest BCUT2D eigenvalue weighted by Crippen LogP contribution is 2.11. The van der Waals surface area contributed by atoms with E-state index >= 15 is 0 Å². The monoisotopic (exact) mass is 277 g/mol. The Balaban J connectivity index is 2.78. The lowest BCUT2D eigenvalue weighted by atomic mass is 10.1. The van der Waals surface area contributed by atoms with Crippen molar-refractivity contribution in [2.24, 2.45) is 5.92 Å². The number of rotatable bonds is 7. The quantitative estimate of drug-likeness (QED) is 0.833. The van der Waals surface area contributed by atoms with Gasteiger partial charge < -0.3 is 10.0 Å². The predicted octanol–water partition coefficient (Wildman–Crippen LogP) is 2.84. The van der Waals surface area contributed by atoms with Crippen molar-refractivity contribution in [2.75, 3.05) is 6.54 Å². The highest BCUT2D eigenvalue weighted by molar-refractivity contribution is 5.77. The Hall–Kier alpha value is -1.84. The molecule has 1 N–H and O–H groups in total. The second-order valence-electron chi connectivity index (χ2n) is 5.25. The molecule has 1 atom stereocenters. The Bertz CT molecular complexity index is 453. The molecule has 1 amide bonds. The number of hydrogen-bond donors (Lipinski definition) is 1. The van der Waals surface area contributed by atoms with Gasteiger partial charge in [-0.25, -0.2) is 0 Å². The molecule has 0 bridgehead atoms. The normalized spacial score (nSPS) is 11.9. The zero-order valence-corrected chi connectivity index (χ0v) is 12.4. The van der Waals surface area contributed by atoms with Gasteiger partial charge in [-0.05, 0) is 18.9 Å². The van der Waals surface area contributed by atoms with Crippen LogP contribution < -0.4 is 0 Å². The lowest BCUT2D eigenvalue weighted by molar-refractivity contribution is -0.143. The van der Waals surface area contributed by atoms with Gasteiger partial charge >= 0.3 is 5.97 Å². The van der Waals surface area contributed by atoms with Gasteiger partial charge in [0.25, 0.3) is 0 Å². The molecule has 0 saturated carbocycles. The Morgan fingerprint density at radius 3 is 2.35 bits per heavy atom. The molecule has 1 unspecified atom stereocenters. The molecule has 0 saturated heterocycles. The first-order valence-corrected chi connectivity index (χ1v) is 7.00. The number of aliphatic carboxylic acids is 1. The first-order valence-electron chi connectivity index (χ1n) is 7.00. The molecule has 1 aromatic rings. The molecule has 0 aliphatic rings. The minimum Gasteiger partial charge on any atom is -0.481 e. The summed E-state index contributed by atoms with van der Waals surface area (Å²) >= 11 is 0. The molecule has 0 aromatic heterocycles. The summed E-state index contributed by atoms with van der Waals surface area (Å²) in [6.45, 7) is 6.31. The molecule has 4 nitrogen and oxygen atoms in total. The second kappa shape index (κ2) is 7.68. The molecule has 1 rings (SSSR count). The fourth-order valence-electron chi connectivity index (χ4n) is 1.95. The minimum atomic E-state index is -0.872. The average Bonchev–Trinajstić information content (AvgIpc) is 2.40. The van der Waals surface area contributed by atoms with E-state index in [9.17, 15) is 9.59 Å². The van der Waals surface area contributed by atoms with Gasteiger partial charge in [-0.15, -0.1) is 0 Å². The van der Waals surface area contributed by atoms with Crippen LogP contribution >= 0.6 is 0 Å². The first kappa shape index (κ1) is 16.2. The van der Waals surface area contributed by atoms with Crippen molar-refractivity contribution in [3.63, 3.8) is 0 Å². The van der Waals surface area contributed by atoms with E-state index in [1.165, 1.54) is 5.56 Å². The van der Waals surface area contributed by atoms with Crippen LogP contribution in [0, 0.1) is 12.8 Å². The fourth-order valence-corrected chi connectivity index (χ4v) is 1.95. The Kier molecular flexibility index (Phi) is 6.22. The van der Waals surface area contributed by atoms with Crippen molar-refractivity contribution in [2.45, 2.75) is 40.2 Å². The van der Waals surface area contributed by atoms with Crippen LogP contribution in [0.4, 0.5) is 0 Å². The van der Waals surface area contributed by atoms with E-state index < -0.39 is 11.9 Å². The van der Waals surface area contributed by atoms with Crippen molar-refractivity contribution in [1.82, 2.24) is 4.90 Å². The summed E-state index contributed by atoms with van der Waals surface area (Å²) in [5.74, 6) is -1.41. The van der Waals surface area contributed by atoms with Gasteiger partial charge in [0, 0.05) is 19.5 Å². The van der Waals surface area contributed by atoms with Crippen LogP contribution in [-0.4, -0.2) is 28.4 Å². The van der Waals surface area contributed by atoms with Gasteiger partial charge in [0.15, 0.2) is 0 Å². The number of carbonyl (C=O) groups excluding carboxylic acids is 1. The summed E-state index contributed by atoms with van der Waals surface area (Å²) in [5.41, 5.74) is 2.19. The summed E-state index contributed by atoms with van der Waals surface area (Å²) in [7, 11) is 0. The van der Waals surface area contributed by atoms with Crippen molar-refractivity contribution >= 4 is 11.9 Å². The highest BCUT2D eigenvalue weighted by atomic mass is 16.4. The van der Waals surface area contributed by atoms with Gasteiger partial charge in [-0.1, -0.05) is 43.7 Å². The standard InChI is InChI=1S/C16H23NO3/c1-4-5-15(18)17(10-13(3)16(19)20)11-14-8-6-12(2)7-9-14/h6-9,13H,4-5,10-11H2,1-3H3,(H,19,20). The van der Waals surface area contributed by atoms with E-state index in [1.807, 2.05) is 38.1 Å². The summed E-state index contributed by atoms with van der Waals surface area (Å²) in [6.07, 6.45) is 1.23. The largest absolute Gasteiger partial charge is 0.481 e. The molecule has 0 fully saturated rings. The third kappa shape index (κ3) is 5.03. The molecule has 0 heterocycles. The topological polar surface area (TPSA) is 57.6 Å². The van der Waals surface area contributed by atoms with E-state index in [-0.39, 0.29) is 12.5 Å². The van der Waals surface area contributed by atoms with Crippen LogP contribution in [0.2, 0.25) is 0 Å². The maximum Gasteiger partial charge on any atom is 0.308 e. The number of carbonyl (C=O) groups is 2. The van der Waals surface area contributed by atoms with Gasteiger partial charge in [-0.3, -0.25) is 9.59 Å². The molecule has 1 aromatic carbocycles. The summed E-state index contributed by atoms with van der Waals surface area (Å²) in [5, 5.41) is 9.01. The number of carboxylic acids is 1. The van der Waals surface area contributed by atoms with Crippen LogP contribution in [0.3, 0.4) is 0 Å². The maximum absolute atomic E-state index is 12.1. The summed E-state index contributed by atoms with van der Waals surface area (Å²) < 4.78 is 0. The minimum absolute atomic E-state index is 0.0150. The van der Waals surface area contributed by atoms with E-state index in [0.29, 0.717) is 13.0 Å². The average molecular weight is 277 g/mol. The molecule has 4 heteroatoms. The van der Waals surface area contributed by atoms with Crippen LogP contribution in [0.15, 0.2) is 24.3 Å². The van der Waals surface area contributed by atoms with E-state index in [0.717, 1.165) is 12.0 Å². The van der Waals surface area contributed by atoms with Gasteiger partial charge in [-0.2, -0.15) is 0 Å². The maximum atomic E-state index is 12.1. The number of carboxylic acid groups (broad SMARTS) is 1. The van der Waals surface area contributed by atoms with Crippen molar-refractivity contribution in [1.29, 1.82) is 0 Å². The zero-order valence-electron chi connectivity index (χ0n) is 12.4. The molecular formula is C16H23NO3. The Morgan fingerprint density at radius 1 is 1.25 bits per heavy atom. The third-order valence-electron chi connectivity index (χ3n) is 3.23. The zero-order chi connectivity index (χ0) is 15.1. The molecule has 0 spiro atoms. The van der Waals surface area contributed by atoms with E-state index in [4.69, 9.17) is 5.11 Å². The van der Waals surface area contributed by atoms with Crippen molar-refractivity contribution in [3.05, 3.63) is 35.4 Å². The molecule has 0 aliphatic carbocycles. The number of aryl methyl sites for hydroxylation is 1. The predicted molar refractivity (Wildman–Crippen MR) is 78.3 cm³/mol. The lowest BCUT2D eigenvalue weighted by Crippen LogP contribution is -2.36. The number of amides is 1. The molecule has 20 heavy (non-hydrogen) atoms. The van der Waals surface area contributed by atoms with Crippen LogP contribution in [0.5, 0.6) is 0 Å². The summed E-state index contributed by atoms with van der Waals surface area (Å²) in [6, 6.07) is 7.96. The van der Waals surface area contributed by atoms with Crippen molar-refractivity contribution < 1.29 is 14.7 Å². The van der Waals surface area contributed by atoms with Crippen LogP contribution in [-0.2, 0) is 16.1 Å². The number of hydrogen-bond acceptors (Lipinski definition) is 2. The molecule has 110 valence electrons. The second-order valence-corrected chi connectivity index (χ2v) is 5.25. The number of benzene rings is 1. The smallest absolute Gasteiger partial charge is 0.308 e. The Morgan fingerprint density at radius 2 is 1.85 bits per heavy atom.